The van der Waals surface area contributed by atoms with E-state index < -0.39 is 0 Å². The third kappa shape index (κ3) is 5.84. The molecular formula is C18H34N2O. The van der Waals surface area contributed by atoms with Crippen LogP contribution in [0.25, 0.3) is 0 Å². The fraction of sp³-hybridized carbons (Fsp3) is 0.778. The molecular weight excluding hydrogens is 260 g/mol. The molecule has 1 heterocycles. The summed E-state index contributed by atoms with van der Waals surface area (Å²) in [7, 11) is 2.21. The third-order valence-corrected chi connectivity index (χ3v) is 4.51. The van der Waals surface area contributed by atoms with Crippen molar-refractivity contribution >= 4 is 0 Å². The SMILES string of the molecule is CCC(CC)(CNC(C)(C)C)CN(C)Cc1ccoc1C. The van der Waals surface area contributed by atoms with Crippen LogP contribution in [0.15, 0.2) is 16.7 Å². The molecule has 0 atom stereocenters. The monoisotopic (exact) mass is 294 g/mol. The van der Waals surface area contributed by atoms with E-state index in [2.05, 4.69) is 57.9 Å². The third-order valence-electron chi connectivity index (χ3n) is 4.51. The summed E-state index contributed by atoms with van der Waals surface area (Å²) in [5, 5.41) is 3.70. The van der Waals surface area contributed by atoms with E-state index in [1.54, 1.807) is 6.26 Å². The first-order valence-corrected chi connectivity index (χ1v) is 8.18. The Labute approximate surface area is 131 Å². The molecule has 122 valence electrons. The van der Waals surface area contributed by atoms with Crippen molar-refractivity contribution in [2.45, 2.75) is 66.5 Å². The van der Waals surface area contributed by atoms with Gasteiger partial charge in [-0.1, -0.05) is 13.8 Å². The summed E-state index contributed by atoms with van der Waals surface area (Å²) >= 11 is 0. The fourth-order valence-corrected chi connectivity index (χ4v) is 2.73. The predicted molar refractivity (Wildman–Crippen MR) is 90.5 cm³/mol. The van der Waals surface area contributed by atoms with Crippen LogP contribution in [0, 0.1) is 12.3 Å². The number of nitrogens with one attached hydrogen (secondary N) is 1. The fourth-order valence-electron chi connectivity index (χ4n) is 2.73. The number of furan rings is 1. The molecule has 1 rings (SSSR count). The van der Waals surface area contributed by atoms with Gasteiger partial charge in [0, 0.05) is 30.7 Å². The van der Waals surface area contributed by atoms with Crippen LogP contribution in [-0.2, 0) is 6.54 Å². The molecule has 0 aromatic carbocycles. The minimum atomic E-state index is 0.176. The molecule has 3 nitrogen and oxygen atoms in total. The minimum absolute atomic E-state index is 0.176. The zero-order valence-electron chi connectivity index (χ0n) is 15.0. The molecule has 0 aliphatic heterocycles. The Morgan fingerprint density at radius 2 is 1.81 bits per heavy atom. The average molecular weight is 294 g/mol. The molecule has 3 heteroatoms. The summed E-state index contributed by atoms with van der Waals surface area (Å²) in [6, 6.07) is 2.08. The van der Waals surface area contributed by atoms with Crippen molar-refractivity contribution in [3.8, 4) is 0 Å². The van der Waals surface area contributed by atoms with Gasteiger partial charge in [-0.2, -0.15) is 0 Å². The van der Waals surface area contributed by atoms with Crippen LogP contribution in [0.4, 0.5) is 0 Å². The lowest BCUT2D eigenvalue weighted by Crippen LogP contribution is -2.47. The Morgan fingerprint density at radius 3 is 2.24 bits per heavy atom. The minimum Gasteiger partial charge on any atom is -0.469 e. The Hall–Kier alpha value is -0.800. The van der Waals surface area contributed by atoms with Gasteiger partial charge in [-0.3, -0.25) is 0 Å². The summed E-state index contributed by atoms with van der Waals surface area (Å²) in [4.78, 5) is 2.43. The van der Waals surface area contributed by atoms with Crippen LogP contribution >= 0.6 is 0 Å². The smallest absolute Gasteiger partial charge is 0.105 e. The van der Waals surface area contributed by atoms with E-state index in [1.165, 1.54) is 18.4 Å². The summed E-state index contributed by atoms with van der Waals surface area (Å²) < 4.78 is 5.40. The number of aryl methyl sites for hydroxylation is 1. The highest BCUT2D eigenvalue weighted by atomic mass is 16.3. The number of hydrogen-bond acceptors (Lipinski definition) is 3. The second-order valence-electron chi connectivity index (χ2n) is 7.48. The first-order chi connectivity index (χ1) is 9.71. The van der Waals surface area contributed by atoms with Gasteiger partial charge < -0.3 is 14.6 Å². The van der Waals surface area contributed by atoms with Crippen LogP contribution in [0.3, 0.4) is 0 Å². The lowest BCUT2D eigenvalue weighted by Gasteiger charge is -2.38. The highest BCUT2D eigenvalue weighted by Crippen LogP contribution is 2.28. The standard InChI is InChI=1S/C18H34N2O/c1-8-18(9-2,13-19-17(4,5)6)14-20(7)12-16-10-11-21-15(16)3/h10-11,19H,8-9,12-14H2,1-7H3. The quantitative estimate of drug-likeness (QED) is 0.778. The molecule has 0 radical (unpaired) electrons. The molecule has 1 aromatic rings. The second kappa shape index (κ2) is 7.46. The molecule has 1 aromatic heterocycles. The molecule has 1 N–H and O–H groups in total. The van der Waals surface area contributed by atoms with Crippen molar-refractivity contribution in [2.75, 3.05) is 20.1 Å². The largest absolute Gasteiger partial charge is 0.469 e. The van der Waals surface area contributed by atoms with E-state index in [9.17, 15) is 0 Å². The zero-order valence-corrected chi connectivity index (χ0v) is 15.0. The van der Waals surface area contributed by atoms with Gasteiger partial charge in [0.2, 0.25) is 0 Å². The summed E-state index contributed by atoms with van der Waals surface area (Å²) in [6.07, 6.45) is 4.18. The topological polar surface area (TPSA) is 28.4 Å². The Balaban J connectivity index is 2.66. The van der Waals surface area contributed by atoms with Gasteiger partial charge >= 0.3 is 0 Å². The van der Waals surface area contributed by atoms with Crippen LogP contribution in [0.2, 0.25) is 0 Å². The molecule has 0 aliphatic rings. The maximum Gasteiger partial charge on any atom is 0.105 e. The summed E-state index contributed by atoms with van der Waals surface area (Å²) in [5.74, 6) is 1.04. The van der Waals surface area contributed by atoms with Crippen molar-refractivity contribution < 1.29 is 4.42 Å². The van der Waals surface area contributed by atoms with Crippen LogP contribution in [-0.4, -0.2) is 30.6 Å². The van der Waals surface area contributed by atoms with Gasteiger partial charge in [0.15, 0.2) is 0 Å². The molecule has 0 bridgehead atoms. The molecule has 0 unspecified atom stereocenters. The van der Waals surface area contributed by atoms with E-state index in [-0.39, 0.29) is 5.54 Å². The van der Waals surface area contributed by atoms with Gasteiger partial charge in [0.05, 0.1) is 6.26 Å². The zero-order chi connectivity index (χ0) is 16.1. The van der Waals surface area contributed by atoms with Crippen molar-refractivity contribution in [2.24, 2.45) is 5.41 Å². The first-order valence-electron chi connectivity index (χ1n) is 8.18. The summed E-state index contributed by atoms with van der Waals surface area (Å²) in [6.45, 7) is 16.5. The molecule has 0 saturated carbocycles. The lowest BCUT2D eigenvalue weighted by atomic mass is 9.81. The van der Waals surface area contributed by atoms with Gasteiger partial charge in [-0.15, -0.1) is 0 Å². The summed E-state index contributed by atoms with van der Waals surface area (Å²) in [5.41, 5.74) is 1.80. The van der Waals surface area contributed by atoms with Crippen LogP contribution < -0.4 is 5.32 Å². The van der Waals surface area contributed by atoms with E-state index in [0.717, 1.165) is 25.4 Å². The highest BCUT2D eigenvalue weighted by molar-refractivity contribution is 5.15. The Kier molecular flexibility index (Phi) is 6.48. The van der Waals surface area contributed by atoms with Gasteiger partial charge in [0.25, 0.3) is 0 Å². The number of hydrogen-bond donors (Lipinski definition) is 1. The van der Waals surface area contributed by atoms with E-state index in [0.29, 0.717) is 5.41 Å². The number of nitrogens with zero attached hydrogens (tertiary/aromatic N) is 1. The van der Waals surface area contributed by atoms with Crippen LogP contribution in [0.1, 0.15) is 58.8 Å². The van der Waals surface area contributed by atoms with E-state index in [4.69, 9.17) is 4.42 Å². The Morgan fingerprint density at radius 1 is 1.19 bits per heavy atom. The normalized spacial score (nSPS) is 13.1. The lowest BCUT2D eigenvalue weighted by molar-refractivity contribution is 0.140. The average Bonchev–Trinajstić information content (AvgIpc) is 2.79. The molecule has 0 saturated heterocycles. The van der Waals surface area contributed by atoms with Gasteiger partial charge in [-0.25, -0.2) is 0 Å². The van der Waals surface area contributed by atoms with Crippen molar-refractivity contribution in [1.82, 2.24) is 10.2 Å². The molecule has 0 amide bonds. The highest BCUT2D eigenvalue weighted by Gasteiger charge is 2.29. The van der Waals surface area contributed by atoms with Crippen molar-refractivity contribution in [3.63, 3.8) is 0 Å². The van der Waals surface area contributed by atoms with E-state index in [1.807, 2.05) is 6.92 Å². The predicted octanol–water partition coefficient (Wildman–Crippen LogP) is 4.21. The van der Waals surface area contributed by atoms with Crippen LogP contribution in [0.5, 0.6) is 0 Å². The first kappa shape index (κ1) is 18.2. The second-order valence-corrected chi connectivity index (χ2v) is 7.48. The molecule has 0 fully saturated rings. The van der Waals surface area contributed by atoms with Gasteiger partial charge in [-0.05, 0) is 59.1 Å². The Bertz CT molecular complexity index is 413. The maximum absolute atomic E-state index is 5.40. The maximum atomic E-state index is 5.40. The van der Waals surface area contributed by atoms with Crippen molar-refractivity contribution in [1.29, 1.82) is 0 Å². The van der Waals surface area contributed by atoms with Crippen molar-refractivity contribution in [3.05, 3.63) is 23.7 Å². The van der Waals surface area contributed by atoms with E-state index >= 15 is 0 Å². The molecule has 0 aliphatic carbocycles. The molecule has 21 heavy (non-hydrogen) atoms. The molecule has 0 spiro atoms. The van der Waals surface area contributed by atoms with Gasteiger partial charge in [0.1, 0.15) is 5.76 Å². The number of rotatable bonds is 8.